The molecular formula is C19H23ClN2O4S. The van der Waals surface area contributed by atoms with Gasteiger partial charge in [0.25, 0.3) is 5.91 Å². The molecule has 8 heteroatoms. The van der Waals surface area contributed by atoms with Crippen LogP contribution in [0.1, 0.15) is 25.5 Å². The van der Waals surface area contributed by atoms with Gasteiger partial charge in [0.05, 0.1) is 18.0 Å². The second-order valence-electron chi connectivity index (χ2n) is 6.05. The summed E-state index contributed by atoms with van der Waals surface area (Å²) in [5, 5.41) is 3.49. The van der Waals surface area contributed by atoms with Crippen LogP contribution >= 0.6 is 11.6 Å². The minimum Gasteiger partial charge on any atom is -0.484 e. The molecule has 27 heavy (non-hydrogen) atoms. The zero-order valence-electron chi connectivity index (χ0n) is 15.5. The Hall–Kier alpha value is -2.25. The second-order valence-corrected chi connectivity index (χ2v) is 8.39. The molecule has 1 atom stereocenters. The van der Waals surface area contributed by atoms with Gasteiger partial charge in [-0.25, -0.2) is 8.42 Å². The molecule has 0 spiro atoms. The van der Waals surface area contributed by atoms with E-state index in [1.165, 1.54) is 4.31 Å². The van der Waals surface area contributed by atoms with Crippen molar-refractivity contribution in [2.45, 2.75) is 19.9 Å². The quantitative estimate of drug-likeness (QED) is 0.723. The minimum atomic E-state index is -3.33. The van der Waals surface area contributed by atoms with E-state index < -0.39 is 10.0 Å². The fraction of sp³-hybridized carbons (Fsp3) is 0.316. The summed E-state index contributed by atoms with van der Waals surface area (Å²) in [5.41, 5.74) is 1.49. The molecule has 2 aromatic carbocycles. The van der Waals surface area contributed by atoms with Crippen LogP contribution in [0, 0.1) is 0 Å². The number of carbonyl (C=O) groups excluding carboxylic acids is 1. The van der Waals surface area contributed by atoms with Crippen molar-refractivity contribution in [3.8, 4) is 5.75 Å². The smallest absolute Gasteiger partial charge is 0.258 e. The largest absolute Gasteiger partial charge is 0.484 e. The third-order valence-electron chi connectivity index (χ3n) is 3.93. The molecule has 1 amide bonds. The first-order valence-corrected chi connectivity index (χ1v) is 10.7. The molecule has 0 aliphatic carbocycles. The number of hydrogen-bond acceptors (Lipinski definition) is 4. The summed E-state index contributed by atoms with van der Waals surface area (Å²) in [6.07, 6.45) is 1.16. The summed E-state index contributed by atoms with van der Waals surface area (Å²) in [5.74, 6) is 0.227. The first-order valence-electron chi connectivity index (χ1n) is 8.46. The van der Waals surface area contributed by atoms with E-state index in [1.807, 2.05) is 19.1 Å². The van der Waals surface area contributed by atoms with E-state index in [-0.39, 0.29) is 18.6 Å². The van der Waals surface area contributed by atoms with Crippen molar-refractivity contribution in [2.75, 3.05) is 23.7 Å². The lowest BCUT2D eigenvalue weighted by Crippen LogP contribution is -2.31. The van der Waals surface area contributed by atoms with Crippen molar-refractivity contribution < 1.29 is 17.9 Å². The average molecular weight is 411 g/mol. The highest BCUT2D eigenvalue weighted by Gasteiger charge is 2.15. The van der Waals surface area contributed by atoms with Gasteiger partial charge < -0.3 is 10.1 Å². The Labute approximate surface area is 165 Å². The van der Waals surface area contributed by atoms with Crippen molar-refractivity contribution in [3.63, 3.8) is 0 Å². The number of amides is 1. The van der Waals surface area contributed by atoms with E-state index in [4.69, 9.17) is 16.3 Å². The van der Waals surface area contributed by atoms with Gasteiger partial charge in [0, 0.05) is 11.6 Å². The third kappa shape index (κ3) is 6.15. The van der Waals surface area contributed by atoms with Gasteiger partial charge in [-0.05, 0) is 55.8 Å². The van der Waals surface area contributed by atoms with Gasteiger partial charge in [-0.2, -0.15) is 0 Å². The third-order valence-corrected chi connectivity index (χ3v) is 5.45. The molecule has 0 aliphatic heterocycles. The van der Waals surface area contributed by atoms with Crippen LogP contribution in [0.15, 0.2) is 48.5 Å². The molecule has 6 nitrogen and oxygen atoms in total. The summed E-state index contributed by atoms with van der Waals surface area (Å²) >= 11 is 5.86. The first kappa shape index (κ1) is 21.1. The molecular weight excluding hydrogens is 388 g/mol. The van der Waals surface area contributed by atoms with Gasteiger partial charge in [-0.15, -0.1) is 0 Å². The number of hydrogen-bond donors (Lipinski definition) is 1. The SMILES string of the molecule is CCN(c1ccc(OCC(=O)N[C@@H](C)c2ccc(Cl)cc2)cc1)S(C)(=O)=O. The van der Waals surface area contributed by atoms with Crippen molar-refractivity contribution >= 4 is 33.2 Å². The summed E-state index contributed by atoms with van der Waals surface area (Å²) in [7, 11) is -3.33. The van der Waals surface area contributed by atoms with Crippen LogP contribution in [0.5, 0.6) is 5.75 Å². The molecule has 1 N–H and O–H groups in total. The van der Waals surface area contributed by atoms with Gasteiger partial charge in [0.15, 0.2) is 6.61 Å². The lowest BCUT2D eigenvalue weighted by molar-refractivity contribution is -0.123. The van der Waals surface area contributed by atoms with Crippen LogP contribution in [-0.2, 0) is 14.8 Å². The predicted octanol–water partition coefficient (Wildman–Crippen LogP) is 3.38. The highest BCUT2D eigenvalue weighted by Crippen LogP contribution is 2.21. The molecule has 2 aromatic rings. The molecule has 2 rings (SSSR count). The van der Waals surface area contributed by atoms with Crippen molar-refractivity contribution in [2.24, 2.45) is 0 Å². The molecule has 146 valence electrons. The van der Waals surface area contributed by atoms with Crippen LogP contribution in [0.2, 0.25) is 5.02 Å². The zero-order valence-corrected chi connectivity index (χ0v) is 17.0. The molecule has 0 fully saturated rings. The Morgan fingerprint density at radius 2 is 1.74 bits per heavy atom. The Balaban J connectivity index is 1.90. The molecule has 0 saturated carbocycles. The van der Waals surface area contributed by atoms with Gasteiger partial charge in [0.1, 0.15) is 5.75 Å². The number of carbonyl (C=O) groups is 1. The second kappa shape index (κ2) is 9.10. The summed E-state index contributed by atoms with van der Waals surface area (Å²) in [4.78, 5) is 12.1. The molecule has 0 bridgehead atoms. The number of anilines is 1. The van der Waals surface area contributed by atoms with E-state index in [2.05, 4.69) is 5.32 Å². The van der Waals surface area contributed by atoms with Gasteiger partial charge in [-0.1, -0.05) is 23.7 Å². The number of ether oxygens (including phenoxy) is 1. The maximum atomic E-state index is 12.1. The Kier molecular flexibility index (Phi) is 7.10. The van der Waals surface area contributed by atoms with Gasteiger partial charge in [0.2, 0.25) is 10.0 Å². The van der Waals surface area contributed by atoms with Gasteiger partial charge in [-0.3, -0.25) is 9.10 Å². The number of benzene rings is 2. The Morgan fingerprint density at radius 3 is 2.26 bits per heavy atom. The maximum absolute atomic E-state index is 12.1. The molecule has 0 saturated heterocycles. The molecule has 0 aromatic heterocycles. The van der Waals surface area contributed by atoms with E-state index in [9.17, 15) is 13.2 Å². The van der Waals surface area contributed by atoms with Crippen LogP contribution in [0.25, 0.3) is 0 Å². The van der Waals surface area contributed by atoms with E-state index in [1.54, 1.807) is 43.3 Å². The monoisotopic (exact) mass is 410 g/mol. The topological polar surface area (TPSA) is 75.7 Å². The fourth-order valence-corrected chi connectivity index (χ4v) is 3.68. The standard InChI is InChI=1S/C19H23ClN2O4S/c1-4-22(27(3,24)25)17-9-11-18(12-10-17)26-13-19(23)21-14(2)15-5-7-16(20)8-6-15/h5-12,14H,4,13H2,1-3H3,(H,21,23)/t14-/m0/s1. The molecule has 0 heterocycles. The van der Waals surface area contributed by atoms with E-state index in [0.29, 0.717) is 23.0 Å². The van der Waals surface area contributed by atoms with E-state index in [0.717, 1.165) is 11.8 Å². The summed E-state index contributed by atoms with van der Waals surface area (Å²) in [6, 6.07) is 13.7. The minimum absolute atomic E-state index is 0.138. The van der Waals surface area contributed by atoms with Crippen molar-refractivity contribution in [3.05, 3.63) is 59.1 Å². The molecule has 0 unspecified atom stereocenters. The van der Waals surface area contributed by atoms with Crippen LogP contribution in [-0.4, -0.2) is 33.7 Å². The lowest BCUT2D eigenvalue weighted by atomic mass is 10.1. The number of sulfonamides is 1. The number of rotatable bonds is 8. The summed E-state index contributed by atoms with van der Waals surface area (Å²) < 4.78 is 30.2. The normalized spacial score (nSPS) is 12.3. The Bertz CT molecular complexity index is 868. The summed E-state index contributed by atoms with van der Waals surface area (Å²) in [6.45, 7) is 3.84. The number of nitrogens with zero attached hydrogens (tertiary/aromatic N) is 1. The van der Waals surface area contributed by atoms with E-state index >= 15 is 0 Å². The zero-order chi connectivity index (χ0) is 20.0. The van der Waals surface area contributed by atoms with Crippen molar-refractivity contribution in [1.29, 1.82) is 0 Å². The number of halogens is 1. The highest BCUT2D eigenvalue weighted by molar-refractivity contribution is 7.92. The van der Waals surface area contributed by atoms with Gasteiger partial charge >= 0.3 is 0 Å². The predicted molar refractivity (Wildman–Crippen MR) is 108 cm³/mol. The van der Waals surface area contributed by atoms with Crippen molar-refractivity contribution in [1.82, 2.24) is 5.32 Å². The Morgan fingerprint density at radius 1 is 1.15 bits per heavy atom. The molecule has 0 aliphatic rings. The highest BCUT2D eigenvalue weighted by atomic mass is 35.5. The number of nitrogens with one attached hydrogen (secondary N) is 1. The van der Waals surface area contributed by atoms with Crippen LogP contribution in [0.4, 0.5) is 5.69 Å². The van der Waals surface area contributed by atoms with Crippen LogP contribution < -0.4 is 14.4 Å². The maximum Gasteiger partial charge on any atom is 0.258 e. The van der Waals surface area contributed by atoms with Crippen LogP contribution in [0.3, 0.4) is 0 Å². The average Bonchev–Trinajstić information content (AvgIpc) is 2.61. The first-order chi connectivity index (χ1) is 12.7. The lowest BCUT2D eigenvalue weighted by Gasteiger charge is -2.20. The fourth-order valence-electron chi connectivity index (χ4n) is 2.58. The molecule has 0 radical (unpaired) electrons.